The average Bonchev–Trinajstić information content (AvgIpc) is 3.26. The van der Waals surface area contributed by atoms with E-state index in [0.717, 1.165) is 29.0 Å². The van der Waals surface area contributed by atoms with E-state index in [9.17, 15) is 19.2 Å². The Hall–Kier alpha value is -2.42. The third-order valence-corrected chi connectivity index (χ3v) is 6.39. The lowest BCUT2D eigenvalue weighted by molar-refractivity contribution is -0.153. The second-order valence-electron chi connectivity index (χ2n) is 7.31. The summed E-state index contributed by atoms with van der Waals surface area (Å²) in [5.41, 5.74) is -0.827. The molecule has 1 aromatic heterocycles. The number of nitrogens with zero attached hydrogens (tertiary/aromatic N) is 3. The fraction of sp³-hybridized carbons (Fsp3) is 0.579. The standard InChI is InChI=1S/C19H25N3O5S/c1-20(11-14-7-6-10-28-14)15(23)13-27-16(24)12-22-17(25)19(21(2)18(22)26)8-4-3-5-9-19/h6-7,10H,3-5,8-9,11-13H2,1-2H3. The average molecular weight is 407 g/mol. The number of hydrogen-bond donors (Lipinski definition) is 0. The number of hydrogen-bond acceptors (Lipinski definition) is 6. The van der Waals surface area contributed by atoms with Crippen LogP contribution in [0.3, 0.4) is 0 Å². The Morgan fingerprint density at radius 1 is 1.25 bits per heavy atom. The quantitative estimate of drug-likeness (QED) is 0.531. The van der Waals surface area contributed by atoms with E-state index in [4.69, 9.17) is 4.74 Å². The number of likely N-dealkylation sites (N-methyl/N-ethyl adjacent to an activating group) is 2. The molecule has 2 heterocycles. The van der Waals surface area contributed by atoms with Crippen molar-refractivity contribution in [3.8, 4) is 0 Å². The molecule has 2 fully saturated rings. The van der Waals surface area contributed by atoms with Crippen molar-refractivity contribution in [2.45, 2.75) is 44.2 Å². The van der Waals surface area contributed by atoms with E-state index in [-0.39, 0.29) is 11.8 Å². The molecule has 0 bridgehead atoms. The topological polar surface area (TPSA) is 87.2 Å². The predicted molar refractivity (Wildman–Crippen MR) is 102 cm³/mol. The number of ether oxygens (including phenoxy) is 1. The maximum Gasteiger partial charge on any atom is 0.327 e. The maximum atomic E-state index is 12.8. The van der Waals surface area contributed by atoms with Gasteiger partial charge < -0.3 is 14.5 Å². The first kappa shape index (κ1) is 20.3. The fourth-order valence-electron chi connectivity index (χ4n) is 3.82. The number of thiophene rings is 1. The lowest BCUT2D eigenvalue weighted by Crippen LogP contribution is -2.49. The van der Waals surface area contributed by atoms with Crippen molar-refractivity contribution >= 4 is 35.2 Å². The van der Waals surface area contributed by atoms with Crippen LogP contribution in [0.25, 0.3) is 0 Å². The molecule has 0 aromatic carbocycles. The Bertz CT molecular complexity index is 758. The van der Waals surface area contributed by atoms with Gasteiger partial charge in [0.2, 0.25) is 0 Å². The lowest BCUT2D eigenvalue weighted by atomic mass is 9.81. The minimum absolute atomic E-state index is 0.335. The zero-order valence-electron chi connectivity index (χ0n) is 16.2. The molecular weight excluding hydrogens is 382 g/mol. The molecular formula is C19H25N3O5S. The molecule has 1 aliphatic heterocycles. The van der Waals surface area contributed by atoms with Crippen molar-refractivity contribution < 1.29 is 23.9 Å². The van der Waals surface area contributed by atoms with E-state index < -0.39 is 30.7 Å². The van der Waals surface area contributed by atoms with Gasteiger partial charge in [0.1, 0.15) is 12.1 Å². The zero-order valence-corrected chi connectivity index (χ0v) is 17.0. The molecule has 28 heavy (non-hydrogen) atoms. The fourth-order valence-corrected chi connectivity index (χ4v) is 4.58. The molecule has 1 saturated heterocycles. The van der Waals surface area contributed by atoms with Crippen LogP contribution < -0.4 is 0 Å². The van der Waals surface area contributed by atoms with Crippen molar-refractivity contribution in [1.29, 1.82) is 0 Å². The normalized spacial score (nSPS) is 18.6. The molecule has 0 atom stereocenters. The van der Waals surface area contributed by atoms with Crippen LogP contribution in [-0.4, -0.2) is 71.3 Å². The van der Waals surface area contributed by atoms with E-state index in [2.05, 4.69) is 0 Å². The van der Waals surface area contributed by atoms with E-state index in [1.165, 1.54) is 21.1 Å². The first-order valence-electron chi connectivity index (χ1n) is 9.37. The number of carbonyl (C=O) groups is 4. The molecule has 2 aliphatic rings. The van der Waals surface area contributed by atoms with Gasteiger partial charge in [0.15, 0.2) is 6.61 Å². The maximum absolute atomic E-state index is 12.8. The highest BCUT2D eigenvalue weighted by Crippen LogP contribution is 2.39. The summed E-state index contributed by atoms with van der Waals surface area (Å²) in [6.07, 6.45) is 4.04. The second kappa shape index (κ2) is 8.30. The number of amides is 4. The van der Waals surface area contributed by atoms with E-state index in [1.807, 2.05) is 17.5 Å². The van der Waals surface area contributed by atoms with Gasteiger partial charge in [-0.25, -0.2) is 4.79 Å². The molecule has 1 aliphatic carbocycles. The number of urea groups is 1. The highest BCUT2D eigenvalue weighted by molar-refractivity contribution is 7.09. The highest BCUT2D eigenvalue weighted by Gasteiger charge is 2.55. The molecule has 0 N–H and O–H groups in total. The van der Waals surface area contributed by atoms with Gasteiger partial charge in [-0.15, -0.1) is 11.3 Å². The summed E-state index contributed by atoms with van der Waals surface area (Å²) in [6.45, 7) is -0.450. The Balaban J connectivity index is 1.52. The molecule has 9 heteroatoms. The molecule has 8 nitrogen and oxygen atoms in total. The van der Waals surface area contributed by atoms with E-state index in [1.54, 1.807) is 14.1 Å². The zero-order chi connectivity index (χ0) is 20.3. The van der Waals surface area contributed by atoms with Gasteiger partial charge in [0.05, 0.1) is 6.54 Å². The van der Waals surface area contributed by atoms with Gasteiger partial charge in [0, 0.05) is 19.0 Å². The summed E-state index contributed by atoms with van der Waals surface area (Å²) in [6, 6.07) is 3.34. The van der Waals surface area contributed by atoms with Crippen molar-refractivity contribution in [2.24, 2.45) is 0 Å². The first-order valence-corrected chi connectivity index (χ1v) is 10.2. The second-order valence-corrected chi connectivity index (χ2v) is 8.35. The minimum atomic E-state index is -0.827. The monoisotopic (exact) mass is 407 g/mol. The van der Waals surface area contributed by atoms with Crippen LogP contribution in [0.15, 0.2) is 17.5 Å². The third kappa shape index (κ3) is 3.89. The van der Waals surface area contributed by atoms with Crippen molar-refractivity contribution in [3.63, 3.8) is 0 Å². The van der Waals surface area contributed by atoms with Crippen LogP contribution in [-0.2, 0) is 25.7 Å². The Morgan fingerprint density at radius 2 is 1.96 bits per heavy atom. The minimum Gasteiger partial charge on any atom is -0.454 e. The molecule has 1 spiro atoms. The summed E-state index contributed by atoms with van der Waals surface area (Å²) >= 11 is 1.54. The number of carbonyl (C=O) groups excluding carboxylic acids is 4. The molecule has 0 unspecified atom stereocenters. The summed E-state index contributed by atoms with van der Waals surface area (Å²) in [7, 11) is 3.24. The highest BCUT2D eigenvalue weighted by atomic mass is 32.1. The van der Waals surface area contributed by atoms with Gasteiger partial charge >= 0.3 is 12.0 Å². The van der Waals surface area contributed by atoms with Crippen molar-refractivity contribution in [2.75, 3.05) is 27.2 Å². The van der Waals surface area contributed by atoms with Crippen molar-refractivity contribution in [3.05, 3.63) is 22.4 Å². The Kier molecular flexibility index (Phi) is 6.02. The van der Waals surface area contributed by atoms with Crippen LogP contribution in [0.2, 0.25) is 0 Å². The summed E-state index contributed by atoms with van der Waals surface area (Å²) < 4.78 is 5.02. The molecule has 1 saturated carbocycles. The van der Waals surface area contributed by atoms with E-state index >= 15 is 0 Å². The Morgan fingerprint density at radius 3 is 2.61 bits per heavy atom. The predicted octanol–water partition coefficient (Wildman–Crippen LogP) is 1.85. The number of imide groups is 1. The molecule has 1 aromatic rings. The molecule has 0 radical (unpaired) electrons. The first-order chi connectivity index (χ1) is 13.3. The summed E-state index contributed by atoms with van der Waals surface area (Å²) in [4.78, 5) is 54.5. The van der Waals surface area contributed by atoms with E-state index in [0.29, 0.717) is 19.4 Å². The van der Waals surface area contributed by atoms with Crippen LogP contribution >= 0.6 is 11.3 Å². The van der Waals surface area contributed by atoms with Gasteiger partial charge in [0.25, 0.3) is 11.8 Å². The van der Waals surface area contributed by atoms with Crippen LogP contribution in [0.4, 0.5) is 4.79 Å². The Labute approximate surface area is 168 Å². The SMILES string of the molecule is CN(Cc1cccs1)C(=O)COC(=O)CN1C(=O)N(C)C2(CCCCC2)C1=O. The third-order valence-electron chi connectivity index (χ3n) is 5.53. The van der Waals surface area contributed by atoms with Crippen LogP contribution in [0, 0.1) is 0 Å². The molecule has 3 rings (SSSR count). The summed E-state index contributed by atoms with van der Waals surface area (Å²) in [5, 5.41) is 1.92. The number of rotatable bonds is 6. The summed E-state index contributed by atoms with van der Waals surface area (Å²) in [5.74, 6) is -1.44. The van der Waals surface area contributed by atoms with Gasteiger partial charge in [-0.2, -0.15) is 0 Å². The molecule has 4 amide bonds. The molecule has 152 valence electrons. The van der Waals surface area contributed by atoms with Gasteiger partial charge in [-0.05, 0) is 24.3 Å². The van der Waals surface area contributed by atoms with Gasteiger partial charge in [-0.1, -0.05) is 25.3 Å². The van der Waals surface area contributed by atoms with Crippen LogP contribution in [0.1, 0.15) is 37.0 Å². The van der Waals surface area contributed by atoms with Gasteiger partial charge in [-0.3, -0.25) is 19.3 Å². The smallest absolute Gasteiger partial charge is 0.327 e. The van der Waals surface area contributed by atoms with Crippen LogP contribution in [0.5, 0.6) is 0 Å². The number of esters is 1. The largest absolute Gasteiger partial charge is 0.454 e. The lowest BCUT2D eigenvalue weighted by Gasteiger charge is -2.35. The van der Waals surface area contributed by atoms with Crippen molar-refractivity contribution in [1.82, 2.24) is 14.7 Å².